The number of aromatic nitrogens is 1. The predicted octanol–water partition coefficient (Wildman–Crippen LogP) is 4.88. The molecule has 3 aromatic rings. The number of pyridine rings is 1. The van der Waals surface area contributed by atoms with Crippen LogP contribution in [-0.2, 0) is 0 Å². The van der Waals surface area contributed by atoms with Crippen LogP contribution in [0.25, 0.3) is 0 Å². The van der Waals surface area contributed by atoms with E-state index in [9.17, 15) is 4.79 Å². The molecule has 130 valence electrons. The van der Waals surface area contributed by atoms with Crippen LogP contribution in [0.5, 0.6) is 0 Å². The Balaban J connectivity index is 1.76. The fourth-order valence-corrected chi connectivity index (χ4v) is 3.63. The molecule has 2 heterocycles. The summed E-state index contributed by atoms with van der Waals surface area (Å²) in [5.74, 6) is 0.616. The number of hydrogen-bond donors (Lipinski definition) is 1. The lowest BCUT2D eigenvalue weighted by Gasteiger charge is -2.26. The van der Waals surface area contributed by atoms with Crippen molar-refractivity contribution in [2.45, 2.75) is 18.0 Å². The van der Waals surface area contributed by atoms with Gasteiger partial charge in [-0.15, -0.1) is 11.8 Å². The molecule has 4 rings (SSSR count). The first kappa shape index (κ1) is 16.7. The number of nitrogens with one attached hydrogen (secondary N) is 1. The Bertz CT molecular complexity index is 955. The third-order valence-electron chi connectivity index (χ3n) is 4.48. The summed E-state index contributed by atoms with van der Waals surface area (Å²) in [6, 6.07) is 19.8. The summed E-state index contributed by atoms with van der Waals surface area (Å²) in [7, 11) is 0. The lowest BCUT2D eigenvalue weighted by molar-refractivity contribution is 0.0992. The van der Waals surface area contributed by atoms with Gasteiger partial charge in [-0.25, -0.2) is 4.98 Å². The Kier molecular flexibility index (Phi) is 4.39. The van der Waals surface area contributed by atoms with Crippen LogP contribution in [0, 0.1) is 6.92 Å². The maximum Gasteiger partial charge on any atom is 0.261 e. The van der Waals surface area contributed by atoms with E-state index in [1.165, 1.54) is 4.90 Å². The minimum atomic E-state index is -0.286. The number of amides is 1. The number of benzene rings is 2. The summed E-state index contributed by atoms with van der Waals surface area (Å²) in [5.41, 5.74) is 3.72. The van der Waals surface area contributed by atoms with E-state index in [-0.39, 0.29) is 12.1 Å². The van der Waals surface area contributed by atoms with Gasteiger partial charge in [0, 0.05) is 27.9 Å². The number of thioether (sulfide) groups is 1. The van der Waals surface area contributed by atoms with Crippen molar-refractivity contribution in [2.24, 2.45) is 0 Å². The molecular formula is C21H19N3OS. The Morgan fingerprint density at radius 1 is 1.08 bits per heavy atom. The molecule has 0 fully saturated rings. The number of fused-ring (bicyclic) bond motifs is 1. The molecule has 1 aliphatic rings. The van der Waals surface area contributed by atoms with Gasteiger partial charge in [0.25, 0.3) is 5.91 Å². The third-order valence-corrected chi connectivity index (χ3v) is 5.20. The summed E-state index contributed by atoms with van der Waals surface area (Å²) < 4.78 is 0. The molecular weight excluding hydrogens is 342 g/mol. The molecule has 0 spiro atoms. The van der Waals surface area contributed by atoms with E-state index in [2.05, 4.69) is 28.7 Å². The highest BCUT2D eigenvalue weighted by molar-refractivity contribution is 7.98. The predicted molar refractivity (Wildman–Crippen MR) is 107 cm³/mol. The number of carbonyl (C=O) groups excluding carboxylic acids is 1. The summed E-state index contributed by atoms with van der Waals surface area (Å²) in [6.07, 6.45) is 3.55. The molecule has 1 atom stereocenters. The fraction of sp³-hybridized carbons (Fsp3) is 0.143. The zero-order chi connectivity index (χ0) is 18.1. The van der Waals surface area contributed by atoms with E-state index in [4.69, 9.17) is 0 Å². The third kappa shape index (κ3) is 2.95. The SMILES string of the molecule is CSc1cccc(NC2c3ccccc3C(=O)N2c2ccc(C)cn2)c1. The molecule has 1 aliphatic heterocycles. The Morgan fingerprint density at radius 2 is 1.92 bits per heavy atom. The van der Waals surface area contributed by atoms with Crippen molar-refractivity contribution in [3.05, 3.63) is 83.6 Å². The molecule has 1 N–H and O–H groups in total. The minimum Gasteiger partial charge on any atom is -0.361 e. The Hall–Kier alpha value is -2.79. The molecule has 0 saturated heterocycles. The standard InChI is InChI=1S/C21H19N3OS/c1-14-10-11-19(22-13-14)24-20(17-8-3-4-9-18(17)21(24)25)23-15-6-5-7-16(12-15)26-2/h3-13,20,23H,1-2H3. The smallest absolute Gasteiger partial charge is 0.261 e. The molecule has 26 heavy (non-hydrogen) atoms. The van der Waals surface area contributed by atoms with E-state index in [0.717, 1.165) is 16.8 Å². The van der Waals surface area contributed by atoms with E-state index in [1.807, 2.05) is 55.5 Å². The van der Waals surface area contributed by atoms with Crippen LogP contribution in [0.3, 0.4) is 0 Å². The molecule has 1 unspecified atom stereocenters. The second kappa shape index (κ2) is 6.84. The van der Waals surface area contributed by atoms with Crippen LogP contribution < -0.4 is 10.2 Å². The highest BCUT2D eigenvalue weighted by Gasteiger charge is 2.38. The van der Waals surface area contributed by atoms with Gasteiger partial charge in [0.1, 0.15) is 12.0 Å². The number of hydrogen-bond acceptors (Lipinski definition) is 4. The van der Waals surface area contributed by atoms with Crippen molar-refractivity contribution in [1.29, 1.82) is 0 Å². The van der Waals surface area contributed by atoms with Crippen LogP contribution in [0.15, 0.2) is 71.8 Å². The fourth-order valence-electron chi connectivity index (χ4n) is 3.17. The molecule has 4 nitrogen and oxygen atoms in total. The number of nitrogens with zero attached hydrogens (tertiary/aromatic N) is 2. The zero-order valence-corrected chi connectivity index (χ0v) is 15.5. The van der Waals surface area contributed by atoms with Crippen molar-refractivity contribution in [1.82, 2.24) is 4.98 Å². The highest BCUT2D eigenvalue weighted by Crippen LogP contribution is 2.37. The maximum absolute atomic E-state index is 13.0. The number of anilines is 2. The first-order valence-corrected chi connectivity index (χ1v) is 9.65. The van der Waals surface area contributed by atoms with E-state index >= 15 is 0 Å². The van der Waals surface area contributed by atoms with Gasteiger partial charge in [0.15, 0.2) is 0 Å². The van der Waals surface area contributed by atoms with Crippen molar-refractivity contribution in [2.75, 3.05) is 16.5 Å². The van der Waals surface area contributed by atoms with E-state index in [1.54, 1.807) is 22.9 Å². The van der Waals surface area contributed by atoms with Gasteiger partial charge in [-0.05, 0) is 49.1 Å². The number of rotatable bonds is 4. The summed E-state index contributed by atoms with van der Waals surface area (Å²) >= 11 is 1.69. The summed E-state index contributed by atoms with van der Waals surface area (Å²) in [4.78, 5) is 20.4. The molecule has 2 aromatic carbocycles. The molecule has 1 aromatic heterocycles. The first-order valence-electron chi connectivity index (χ1n) is 8.43. The summed E-state index contributed by atoms with van der Waals surface area (Å²) in [6.45, 7) is 1.99. The lowest BCUT2D eigenvalue weighted by atomic mass is 10.1. The van der Waals surface area contributed by atoms with Gasteiger partial charge in [-0.1, -0.05) is 30.3 Å². The van der Waals surface area contributed by atoms with Crippen LogP contribution in [0.4, 0.5) is 11.5 Å². The number of aryl methyl sites for hydroxylation is 1. The molecule has 0 radical (unpaired) electrons. The monoisotopic (exact) mass is 361 g/mol. The van der Waals surface area contributed by atoms with E-state index < -0.39 is 0 Å². The normalized spacial score (nSPS) is 15.8. The maximum atomic E-state index is 13.0. The van der Waals surface area contributed by atoms with Crippen molar-refractivity contribution in [3.8, 4) is 0 Å². The summed E-state index contributed by atoms with van der Waals surface area (Å²) in [5, 5.41) is 3.52. The molecule has 0 bridgehead atoms. The molecule has 5 heteroatoms. The Labute approximate surface area is 157 Å². The lowest BCUT2D eigenvalue weighted by Crippen LogP contribution is -2.32. The highest BCUT2D eigenvalue weighted by atomic mass is 32.2. The van der Waals surface area contributed by atoms with Crippen LogP contribution in [-0.4, -0.2) is 17.1 Å². The van der Waals surface area contributed by atoms with Crippen LogP contribution in [0.1, 0.15) is 27.7 Å². The number of carbonyl (C=O) groups is 1. The zero-order valence-electron chi connectivity index (χ0n) is 14.6. The van der Waals surface area contributed by atoms with Gasteiger partial charge in [0.2, 0.25) is 0 Å². The first-order chi connectivity index (χ1) is 12.7. The quantitative estimate of drug-likeness (QED) is 0.673. The molecule has 1 amide bonds. The van der Waals surface area contributed by atoms with Gasteiger partial charge in [-0.2, -0.15) is 0 Å². The van der Waals surface area contributed by atoms with Crippen molar-refractivity contribution in [3.63, 3.8) is 0 Å². The minimum absolute atomic E-state index is 0.0320. The van der Waals surface area contributed by atoms with Gasteiger partial charge < -0.3 is 5.32 Å². The van der Waals surface area contributed by atoms with E-state index in [0.29, 0.717) is 11.4 Å². The van der Waals surface area contributed by atoms with Crippen LogP contribution >= 0.6 is 11.8 Å². The van der Waals surface area contributed by atoms with Crippen LogP contribution in [0.2, 0.25) is 0 Å². The topological polar surface area (TPSA) is 45.2 Å². The second-order valence-electron chi connectivity index (χ2n) is 6.23. The van der Waals surface area contributed by atoms with Gasteiger partial charge >= 0.3 is 0 Å². The van der Waals surface area contributed by atoms with Gasteiger partial charge in [0.05, 0.1) is 0 Å². The van der Waals surface area contributed by atoms with Gasteiger partial charge in [-0.3, -0.25) is 9.69 Å². The van der Waals surface area contributed by atoms with Crippen molar-refractivity contribution < 1.29 is 4.79 Å². The van der Waals surface area contributed by atoms with Crippen molar-refractivity contribution >= 4 is 29.2 Å². The Morgan fingerprint density at radius 3 is 2.69 bits per heavy atom. The average Bonchev–Trinajstić information content (AvgIpc) is 2.95. The average molecular weight is 361 g/mol. The molecule has 0 aliphatic carbocycles. The molecule has 0 saturated carbocycles. The largest absolute Gasteiger partial charge is 0.361 e. The second-order valence-corrected chi connectivity index (χ2v) is 7.11.